The largest absolute Gasteiger partial charge is 0.494 e. The molecule has 12 heteroatoms. The van der Waals surface area contributed by atoms with Gasteiger partial charge in [-0.1, -0.05) is 0 Å². The number of nitrogens with zero attached hydrogens (tertiary/aromatic N) is 6. The fraction of sp³-hybridized carbons (Fsp3) is 0.382. The Morgan fingerprint density at radius 2 is 1.93 bits per heavy atom. The van der Waals surface area contributed by atoms with Crippen molar-refractivity contribution in [3.05, 3.63) is 53.7 Å². The number of fused-ring (bicyclic) bond motifs is 2. The molecule has 1 saturated heterocycles. The Morgan fingerprint density at radius 1 is 1.13 bits per heavy atom. The fourth-order valence-electron chi connectivity index (χ4n) is 6.52. The molecule has 0 spiro atoms. The maximum atomic E-state index is 14.3. The Labute approximate surface area is 265 Å². The van der Waals surface area contributed by atoms with Crippen LogP contribution >= 0.6 is 0 Å². The van der Waals surface area contributed by atoms with Gasteiger partial charge in [0.05, 0.1) is 30.6 Å². The van der Waals surface area contributed by atoms with E-state index in [1.165, 1.54) is 11.8 Å². The van der Waals surface area contributed by atoms with E-state index >= 15 is 0 Å². The zero-order valence-corrected chi connectivity index (χ0v) is 26.4. The molecule has 11 nitrogen and oxygen atoms in total. The molecule has 2 atom stereocenters. The topological polar surface area (TPSA) is 133 Å². The number of aryl methyl sites for hydroxylation is 2. The van der Waals surface area contributed by atoms with E-state index in [9.17, 15) is 14.0 Å². The first-order valence-electron chi connectivity index (χ1n) is 15.6. The van der Waals surface area contributed by atoms with Crippen LogP contribution in [0.3, 0.4) is 0 Å². The van der Waals surface area contributed by atoms with Crippen LogP contribution in [0.2, 0.25) is 0 Å². The van der Waals surface area contributed by atoms with Crippen LogP contribution < -0.4 is 15.8 Å². The van der Waals surface area contributed by atoms with Gasteiger partial charge in [-0.25, -0.2) is 19.3 Å². The number of amides is 2. The smallest absolute Gasteiger partial charge is 0.254 e. The lowest BCUT2D eigenvalue weighted by Gasteiger charge is -2.33. The Kier molecular flexibility index (Phi) is 7.47. The van der Waals surface area contributed by atoms with Crippen LogP contribution in [-0.2, 0) is 18.4 Å². The highest BCUT2D eigenvalue weighted by atomic mass is 19.1. The number of nitrogens with two attached hydrogens (primary N) is 1. The number of aromatic nitrogens is 5. The standard InChI is InChI=1S/C34H37FN8O3/c1-18-9-30(38-19(2)44)37-14-25(18)26-8-7-21-11-28(43(32(21)39-26)15-20-5-6-20)33-40-27-10-22(12-29(46-4)31(27)41(33)3)34(45)42-16-23(35)13-24(36)17-42/h7-12,14,20,23-24H,5-6,13,15-17,36H2,1-4H3,(H,37,38,44)/t23-,24-/m1/s1. The van der Waals surface area contributed by atoms with Crippen molar-refractivity contribution >= 4 is 39.7 Å². The van der Waals surface area contributed by atoms with Crippen LogP contribution in [0.25, 0.3) is 44.8 Å². The molecule has 5 heterocycles. The van der Waals surface area contributed by atoms with E-state index in [0.717, 1.165) is 64.3 Å². The van der Waals surface area contributed by atoms with Crippen molar-refractivity contribution < 1.29 is 18.7 Å². The first-order valence-corrected chi connectivity index (χ1v) is 15.6. The number of halogens is 1. The normalized spacial score (nSPS) is 18.3. The molecule has 238 valence electrons. The molecule has 4 aromatic heterocycles. The Balaban J connectivity index is 1.32. The zero-order valence-electron chi connectivity index (χ0n) is 26.4. The van der Waals surface area contributed by atoms with Crippen LogP contribution in [0.1, 0.15) is 42.1 Å². The number of hydrogen-bond acceptors (Lipinski definition) is 7. The van der Waals surface area contributed by atoms with Gasteiger partial charge in [0, 0.05) is 55.8 Å². The van der Waals surface area contributed by atoms with Crippen LogP contribution in [0.15, 0.2) is 42.6 Å². The average molecular weight is 625 g/mol. The fourth-order valence-corrected chi connectivity index (χ4v) is 6.52. The number of methoxy groups -OCH3 is 1. The maximum absolute atomic E-state index is 14.3. The number of anilines is 1. The quantitative estimate of drug-likeness (QED) is 0.265. The SMILES string of the molecule is COc1cc(C(=O)N2C[C@H](N)C[C@@H](F)C2)cc2nc(-c3cc4ccc(-c5cnc(NC(C)=O)cc5C)nc4n3CC3CC3)n(C)c12. The van der Waals surface area contributed by atoms with Crippen molar-refractivity contribution in [3.63, 3.8) is 0 Å². The molecule has 2 aliphatic rings. The molecule has 2 amide bonds. The van der Waals surface area contributed by atoms with Crippen molar-refractivity contribution in [3.8, 4) is 28.5 Å². The second-order valence-electron chi connectivity index (χ2n) is 12.6. The van der Waals surface area contributed by atoms with E-state index in [-0.39, 0.29) is 24.8 Å². The summed E-state index contributed by atoms with van der Waals surface area (Å²) in [6.07, 6.45) is 3.17. The second-order valence-corrected chi connectivity index (χ2v) is 12.6. The number of imidazole rings is 1. The van der Waals surface area contributed by atoms with Gasteiger partial charge in [-0.3, -0.25) is 9.59 Å². The van der Waals surface area contributed by atoms with Gasteiger partial charge in [0.2, 0.25) is 5.91 Å². The van der Waals surface area contributed by atoms with E-state index in [2.05, 4.69) is 27.0 Å². The molecular formula is C34H37FN8O3. The second kappa shape index (κ2) is 11.5. The minimum absolute atomic E-state index is 0.0195. The lowest BCUT2D eigenvalue weighted by molar-refractivity contribution is -0.114. The van der Waals surface area contributed by atoms with Crippen molar-refractivity contribution in [2.45, 2.75) is 51.9 Å². The van der Waals surface area contributed by atoms with E-state index in [4.69, 9.17) is 20.4 Å². The summed E-state index contributed by atoms with van der Waals surface area (Å²) < 4.78 is 24.3. The van der Waals surface area contributed by atoms with E-state index in [1.54, 1.807) is 25.4 Å². The Morgan fingerprint density at radius 3 is 2.63 bits per heavy atom. The number of hydrogen-bond donors (Lipinski definition) is 2. The van der Waals surface area contributed by atoms with Gasteiger partial charge in [-0.2, -0.15) is 0 Å². The van der Waals surface area contributed by atoms with Crippen molar-refractivity contribution in [2.75, 3.05) is 25.5 Å². The number of pyridine rings is 2. The maximum Gasteiger partial charge on any atom is 0.254 e. The summed E-state index contributed by atoms with van der Waals surface area (Å²) in [5.74, 6) is 1.83. The molecule has 1 aliphatic carbocycles. The van der Waals surface area contributed by atoms with Crippen LogP contribution in [0, 0.1) is 12.8 Å². The molecular weight excluding hydrogens is 587 g/mol. The summed E-state index contributed by atoms with van der Waals surface area (Å²) in [6.45, 7) is 4.56. The van der Waals surface area contributed by atoms with Crippen LogP contribution in [-0.4, -0.2) is 73.2 Å². The molecule has 0 unspecified atom stereocenters. The first-order chi connectivity index (χ1) is 22.1. The minimum atomic E-state index is -1.15. The predicted octanol–water partition coefficient (Wildman–Crippen LogP) is 4.85. The lowest BCUT2D eigenvalue weighted by Crippen LogP contribution is -2.50. The third kappa shape index (κ3) is 5.46. The van der Waals surface area contributed by atoms with Gasteiger partial charge < -0.3 is 29.8 Å². The summed E-state index contributed by atoms with van der Waals surface area (Å²) in [5.41, 5.74) is 12.2. The third-order valence-corrected chi connectivity index (χ3v) is 8.92. The number of alkyl halides is 1. The number of carbonyl (C=O) groups excluding carboxylic acids is 2. The molecule has 5 aromatic rings. The number of benzene rings is 1. The van der Waals surface area contributed by atoms with Crippen molar-refractivity contribution in [1.82, 2.24) is 29.0 Å². The minimum Gasteiger partial charge on any atom is -0.494 e. The third-order valence-electron chi connectivity index (χ3n) is 8.92. The van der Waals surface area contributed by atoms with Gasteiger partial charge in [0.1, 0.15) is 28.9 Å². The molecule has 7 rings (SSSR count). The number of carbonyl (C=O) groups is 2. The van der Waals surface area contributed by atoms with Gasteiger partial charge in [-0.05, 0) is 74.1 Å². The lowest BCUT2D eigenvalue weighted by atomic mass is 10.0. The molecule has 2 fully saturated rings. The van der Waals surface area contributed by atoms with E-state index in [1.807, 2.05) is 30.7 Å². The number of likely N-dealkylation sites (tertiary alicyclic amines) is 1. The highest BCUT2D eigenvalue weighted by Crippen LogP contribution is 2.38. The molecule has 1 aromatic carbocycles. The van der Waals surface area contributed by atoms with Gasteiger partial charge in [0.15, 0.2) is 5.82 Å². The van der Waals surface area contributed by atoms with Crippen molar-refractivity contribution in [1.29, 1.82) is 0 Å². The monoisotopic (exact) mass is 624 g/mol. The van der Waals surface area contributed by atoms with E-state index in [0.29, 0.717) is 35.1 Å². The van der Waals surface area contributed by atoms with Crippen LogP contribution in [0.5, 0.6) is 5.75 Å². The summed E-state index contributed by atoms with van der Waals surface area (Å²) in [4.78, 5) is 41.1. The van der Waals surface area contributed by atoms with Gasteiger partial charge >= 0.3 is 0 Å². The highest BCUT2D eigenvalue weighted by molar-refractivity contribution is 6.00. The first kappa shape index (κ1) is 29.8. The number of nitrogens with one attached hydrogen (secondary N) is 1. The number of piperidine rings is 1. The molecule has 0 bridgehead atoms. The molecule has 1 saturated carbocycles. The zero-order chi connectivity index (χ0) is 32.3. The molecule has 46 heavy (non-hydrogen) atoms. The van der Waals surface area contributed by atoms with Gasteiger partial charge in [0.25, 0.3) is 5.91 Å². The van der Waals surface area contributed by atoms with Gasteiger partial charge in [-0.15, -0.1) is 0 Å². The average Bonchev–Trinajstić information content (AvgIpc) is 3.68. The number of ether oxygens (including phenoxy) is 1. The number of rotatable bonds is 7. The summed E-state index contributed by atoms with van der Waals surface area (Å²) in [7, 11) is 3.51. The molecule has 1 aliphatic heterocycles. The molecule has 3 N–H and O–H groups in total. The predicted molar refractivity (Wildman–Crippen MR) is 174 cm³/mol. The Bertz CT molecular complexity index is 2000. The van der Waals surface area contributed by atoms with Crippen LogP contribution in [0.4, 0.5) is 10.2 Å². The van der Waals surface area contributed by atoms with E-state index < -0.39 is 12.2 Å². The van der Waals surface area contributed by atoms with Crippen molar-refractivity contribution in [2.24, 2.45) is 18.7 Å². The molecule has 0 radical (unpaired) electrons. The summed E-state index contributed by atoms with van der Waals surface area (Å²) in [6, 6.07) is 11.1. The Hall–Kier alpha value is -4.84. The summed E-state index contributed by atoms with van der Waals surface area (Å²) in [5, 5.41) is 3.72. The summed E-state index contributed by atoms with van der Waals surface area (Å²) >= 11 is 0. The highest BCUT2D eigenvalue weighted by Gasteiger charge is 2.30.